The van der Waals surface area contributed by atoms with E-state index >= 15 is 0 Å². The predicted octanol–water partition coefficient (Wildman–Crippen LogP) is 7.07. The Bertz CT molecular complexity index is 1010. The van der Waals surface area contributed by atoms with Gasteiger partial charge in [0.2, 0.25) is 0 Å². The molecular weight excluding hydrogens is 362 g/mol. The summed E-state index contributed by atoms with van der Waals surface area (Å²) in [6.45, 7) is 2.76. The van der Waals surface area contributed by atoms with Gasteiger partial charge < -0.3 is 0 Å². The molecule has 1 nitrogen and oxygen atoms in total. The average molecular weight is 390 g/mol. The zero-order valence-corrected chi connectivity index (χ0v) is 17.2. The molecule has 148 valence electrons. The molecule has 0 aromatic heterocycles. The monoisotopic (exact) mass is 389 g/mol. The number of benzene rings is 4. The summed E-state index contributed by atoms with van der Waals surface area (Å²) in [5.74, 6) is 0. The van der Waals surface area contributed by atoms with E-state index in [0.717, 1.165) is 19.6 Å². The highest BCUT2D eigenvalue weighted by Gasteiger charge is 2.06. The Hall–Kier alpha value is -3.42. The van der Waals surface area contributed by atoms with Crippen molar-refractivity contribution >= 4 is 6.08 Å². The first-order valence-electron chi connectivity index (χ1n) is 10.5. The van der Waals surface area contributed by atoms with E-state index < -0.39 is 0 Å². The van der Waals surface area contributed by atoms with Crippen LogP contribution in [0, 0.1) is 0 Å². The Morgan fingerprint density at radius 1 is 0.533 bits per heavy atom. The largest absolute Gasteiger partial charge is 0.291 e. The van der Waals surface area contributed by atoms with Crippen LogP contribution in [0.2, 0.25) is 0 Å². The Kier molecular flexibility index (Phi) is 6.88. The first kappa shape index (κ1) is 19.9. The lowest BCUT2D eigenvalue weighted by Gasteiger charge is -2.21. The summed E-state index contributed by atoms with van der Waals surface area (Å²) in [6.07, 6.45) is 4.54. The lowest BCUT2D eigenvalue weighted by molar-refractivity contribution is 0.286. The van der Waals surface area contributed by atoms with Gasteiger partial charge in [-0.15, -0.1) is 0 Å². The van der Waals surface area contributed by atoms with Gasteiger partial charge in [-0.05, 0) is 27.8 Å². The minimum absolute atomic E-state index is 0.896. The molecule has 30 heavy (non-hydrogen) atoms. The topological polar surface area (TPSA) is 3.24 Å². The van der Waals surface area contributed by atoms with Gasteiger partial charge in [0, 0.05) is 19.6 Å². The molecule has 0 spiro atoms. The zero-order valence-electron chi connectivity index (χ0n) is 17.2. The summed E-state index contributed by atoms with van der Waals surface area (Å²) in [5.41, 5.74) is 6.45. The van der Waals surface area contributed by atoms with Crippen molar-refractivity contribution < 1.29 is 0 Å². The normalized spacial score (nSPS) is 11.2. The van der Waals surface area contributed by atoms with Gasteiger partial charge >= 0.3 is 0 Å². The van der Waals surface area contributed by atoms with Crippen LogP contribution in [0.1, 0.15) is 16.7 Å². The maximum absolute atomic E-state index is 2.48. The third-order valence-corrected chi connectivity index (χ3v) is 5.20. The molecule has 1 heteroatoms. The van der Waals surface area contributed by atoms with E-state index in [1.54, 1.807) is 0 Å². The summed E-state index contributed by atoms with van der Waals surface area (Å²) in [4.78, 5) is 2.48. The molecule has 0 radical (unpaired) electrons. The lowest BCUT2D eigenvalue weighted by Crippen LogP contribution is -2.22. The molecule has 0 unspecified atom stereocenters. The standard InChI is InChI=1S/C29H27N/c1-4-13-25(14-5-1)23-30(24-26-15-6-2-7-16-26)22-12-20-28-19-10-11-21-29(28)27-17-8-3-9-18-27/h1-21H,22-24H2/b20-12-. The van der Waals surface area contributed by atoms with Gasteiger partial charge in [0.15, 0.2) is 0 Å². The number of hydrogen-bond acceptors (Lipinski definition) is 1. The summed E-state index contributed by atoms with van der Waals surface area (Å²) in [7, 11) is 0. The van der Waals surface area contributed by atoms with E-state index in [4.69, 9.17) is 0 Å². The maximum atomic E-state index is 2.48. The summed E-state index contributed by atoms with van der Waals surface area (Å²) in [5, 5.41) is 0. The van der Waals surface area contributed by atoms with Crippen molar-refractivity contribution in [3.63, 3.8) is 0 Å². The SMILES string of the molecule is C(=C/c1ccccc1-c1ccccc1)/CN(Cc1ccccc1)Cc1ccccc1. The molecule has 0 fully saturated rings. The Morgan fingerprint density at radius 3 is 1.63 bits per heavy atom. The maximum Gasteiger partial charge on any atom is 0.0240 e. The number of hydrogen-bond donors (Lipinski definition) is 0. The van der Waals surface area contributed by atoms with Crippen molar-refractivity contribution in [1.29, 1.82) is 0 Å². The van der Waals surface area contributed by atoms with Gasteiger partial charge in [0.05, 0.1) is 0 Å². The van der Waals surface area contributed by atoms with Gasteiger partial charge in [-0.25, -0.2) is 0 Å². The lowest BCUT2D eigenvalue weighted by atomic mass is 9.99. The van der Waals surface area contributed by atoms with Crippen LogP contribution < -0.4 is 0 Å². The molecule has 0 bridgehead atoms. The zero-order chi connectivity index (χ0) is 20.4. The first-order valence-corrected chi connectivity index (χ1v) is 10.5. The fourth-order valence-corrected chi connectivity index (χ4v) is 3.72. The Labute approximate surface area is 179 Å². The molecule has 0 amide bonds. The third kappa shape index (κ3) is 5.56. The van der Waals surface area contributed by atoms with Crippen LogP contribution in [-0.2, 0) is 13.1 Å². The predicted molar refractivity (Wildman–Crippen MR) is 128 cm³/mol. The van der Waals surface area contributed by atoms with Crippen molar-refractivity contribution in [1.82, 2.24) is 4.90 Å². The Balaban J connectivity index is 1.51. The van der Waals surface area contributed by atoms with E-state index in [1.165, 1.54) is 27.8 Å². The molecule has 0 aliphatic heterocycles. The van der Waals surface area contributed by atoms with E-state index in [2.05, 4.69) is 132 Å². The van der Waals surface area contributed by atoms with Crippen molar-refractivity contribution in [3.05, 3.63) is 138 Å². The van der Waals surface area contributed by atoms with E-state index in [-0.39, 0.29) is 0 Å². The highest BCUT2D eigenvalue weighted by molar-refractivity contribution is 5.75. The quantitative estimate of drug-likeness (QED) is 0.311. The first-order chi connectivity index (χ1) is 14.9. The van der Waals surface area contributed by atoms with E-state index in [9.17, 15) is 0 Å². The van der Waals surface area contributed by atoms with E-state index in [1.807, 2.05) is 0 Å². The second-order valence-corrected chi connectivity index (χ2v) is 7.50. The minimum Gasteiger partial charge on any atom is -0.291 e. The molecular formula is C29H27N. The molecule has 0 saturated carbocycles. The summed E-state index contributed by atoms with van der Waals surface area (Å²) < 4.78 is 0. The van der Waals surface area contributed by atoms with Crippen LogP contribution in [0.5, 0.6) is 0 Å². The molecule has 4 aromatic rings. The van der Waals surface area contributed by atoms with Gasteiger partial charge in [-0.3, -0.25) is 4.90 Å². The van der Waals surface area contributed by atoms with Crippen LogP contribution in [0.4, 0.5) is 0 Å². The summed E-state index contributed by atoms with van der Waals surface area (Å²) in [6, 6.07) is 40.6. The smallest absolute Gasteiger partial charge is 0.0240 e. The van der Waals surface area contributed by atoms with Gasteiger partial charge in [-0.2, -0.15) is 0 Å². The van der Waals surface area contributed by atoms with Crippen molar-refractivity contribution in [2.45, 2.75) is 13.1 Å². The Morgan fingerprint density at radius 2 is 1.03 bits per heavy atom. The minimum atomic E-state index is 0.896. The second kappa shape index (κ2) is 10.4. The summed E-state index contributed by atoms with van der Waals surface area (Å²) >= 11 is 0. The molecule has 0 saturated heterocycles. The van der Waals surface area contributed by atoms with Crippen molar-refractivity contribution in [2.75, 3.05) is 6.54 Å². The van der Waals surface area contributed by atoms with Gasteiger partial charge in [-0.1, -0.05) is 127 Å². The number of nitrogens with zero attached hydrogens (tertiary/aromatic N) is 1. The highest BCUT2D eigenvalue weighted by atomic mass is 15.1. The van der Waals surface area contributed by atoms with Crippen LogP contribution >= 0.6 is 0 Å². The fourth-order valence-electron chi connectivity index (χ4n) is 3.72. The third-order valence-electron chi connectivity index (χ3n) is 5.20. The van der Waals surface area contributed by atoms with E-state index in [0.29, 0.717) is 0 Å². The second-order valence-electron chi connectivity index (χ2n) is 7.50. The highest BCUT2D eigenvalue weighted by Crippen LogP contribution is 2.24. The van der Waals surface area contributed by atoms with Gasteiger partial charge in [0.1, 0.15) is 0 Å². The van der Waals surface area contributed by atoms with Gasteiger partial charge in [0.25, 0.3) is 0 Å². The molecule has 0 N–H and O–H groups in total. The molecule has 4 aromatic carbocycles. The molecule has 0 atom stereocenters. The van der Waals surface area contributed by atoms with Crippen LogP contribution in [0.15, 0.2) is 121 Å². The van der Waals surface area contributed by atoms with Crippen LogP contribution in [0.3, 0.4) is 0 Å². The number of rotatable bonds is 8. The van der Waals surface area contributed by atoms with Crippen molar-refractivity contribution in [3.8, 4) is 11.1 Å². The average Bonchev–Trinajstić information content (AvgIpc) is 2.81. The molecule has 0 aliphatic rings. The molecule has 4 rings (SSSR count). The molecule has 0 heterocycles. The van der Waals surface area contributed by atoms with Crippen LogP contribution in [0.25, 0.3) is 17.2 Å². The van der Waals surface area contributed by atoms with Crippen LogP contribution in [-0.4, -0.2) is 11.4 Å². The fraction of sp³-hybridized carbons (Fsp3) is 0.103. The molecule has 0 aliphatic carbocycles. The van der Waals surface area contributed by atoms with Crippen molar-refractivity contribution in [2.24, 2.45) is 0 Å².